The van der Waals surface area contributed by atoms with Crippen LogP contribution in [0.1, 0.15) is 22.5 Å². The van der Waals surface area contributed by atoms with Crippen molar-refractivity contribution < 1.29 is 22.7 Å². The van der Waals surface area contributed by atoms with E-state index in [-0.39, 0.29) is 17.1 Å². The van der Waals surface area contributed by atoms with Gasteiger partial charge >= 0.3 is 6.18 Å². The van der Waals surface area contributed by atoms with E-state index in [1.165, 1.54) is 11.1 Å². The van der Waals surface area contributed by atoms with Crippen molar-refractivity contribution in [3.8, 4) is 0 Å². The van der Waals surface area contributed by atoms with Crippen LogP contribution in [0.3, 0.4) is 0 Å². The molecule has 166 valence electrons. The molecule has 0 spiro atoms. The van der Waals surface area contributed by atoms with Crippen molar-refractivity contribution in [2.45, 2.75) is 36.7 Å². The molecule has 2 aromatic rings. The molecule has 2 aromatic heterocycles. The Bertz CT molecular complexity index is 1030. The lowest BCUT2D eigenvalue weighted by molar-refractivity contribution is -0.159. The summed E-state index contributed by atoms with van der Waals surface area (Å²) in [6, 6.07) is 3.08. The molecule has 3 atom stereocenters. The summed E-state index contributed by atoms with van der Waals surface area (Å²) in [6.07, 6.45) is -0.910. The fourth-order valence-corrected chi connectivity index (χ4v) is 3.96. The molecule has 1 fully saturated rings. The maximum Gasteiger partial charge on any atom is 0.394 e. The first-order valence-electron chi connectivity index (χ1n) is 9.21. The molecule has 1 aliphatic carbocycles. The molecular weight excluding hydrogens is 457 g/mol. The first kappa shape index (κ1) is 21.9. The molecule has 2 aliphatic rings. The Balaban J connectivity index is 1.33. The molecule has 0 bridgehead atoms. The highest BCUT2D eigenvalue weighted by molar-refractivity contribution is 7.98. The Hall–Kier alpha value is -2.28. The number of hydrogen-bond acceptors (Lipinski definition) is 7. The van der Waals surface area contributed by atoms with Gasteiger partial charge in [-0.05, 0) is 43.5 Å². The fourth-order valence-electron chi connectivity index (χ4n) is 3.02. The summed E-state index contributed by atoms with van der Waals surface area (Å²) in [5.74, 6) is -1.48. The molecule has 3 unspecified atom stereocenters. The van der Waals surface area contributed by atoms with Crippen LogP contribution in [-0.4, -0.2) is 39.2 Å². The monoisotopic (exact) mass is 474 g/mol. The summed E-state index contributed by atoms with van der Waals surface area (Å²) in [7, 11) is 1.79. The third-order valence-electron chi connectivity index (χ3n) is 4.70. The third kappa shape index (κ3) is 4.97. The Morgan fingerprint density at radius 3 is 2.81 bits per heavy atom. The number of aryl methyl sites for hydroxylation is 2. The second-order valence-electron chi connectivity index (χ2n) is 7.11. The van der Waals surface area contributed by atoms with Gasteiger partial charge in [0.1, 0.15) is 17.2 Å². The van der Waals surface area contributed by atoms with Crippen molar-refractivity contribution in [1.29, 1.82) is 0 Å². The van der Waals surface area contributed by atoms with E-state index >= 15 is 0 Å². The molecule has 0 aromatic carbocycles. The van der Waals surface area contributed by atoms with Crippen LogP contribution in [0.5, 0.6) is 0 Å². The van der Waals surface area contributed by atoms with Gasteiger partial charge in [-0.1, -0.05) is 11.6 Å². The average molecular weight is 475 g/mol. The van der Waals surface area contributed by atoms with Crippen LogP contribution in [-0.2, 0) is 11.8 Å². The lowest BCUT2D eigenvalue weighted by Gasteiger charge is -2.20. The van der Waals surface area contributed by atoms with Crippen LogP contribution in [0.15, 0.2) is 35.5 Å². The van der Waals surface area contributed by atoms with Crippen LogP contribution in [0, 0.1) is 12.8 Å². The molecule has 8 nitrogen and oxygen atoms in total. The molecule has 1 saturated carbocycles. The molecule has 1 aliphatic heterocycles. The molecule has 1 amide bonds. The molecule has 2 N–H and O–H groups in total. The van der Waals surface area contributed by atoms with E-state index in [0.717, 1.165) is 22.5 Å². The first-order valence-corrected chi connectivity index (χ1v) is 10.4. The zero-order chi connectivity index (χ0) is 22.3. The summed E-state index contributed by atoms with van der Waals surface area (Å²) >= 11 is 7.31. The van der Waals surface area contributed by atoms with Gasteiger partial charge in [-0.15, -0.1) is 0 Å². The van der Waals surface area contributed by atoms with E-state index in [0.29, 0.717) is 5.82 Å². The number of aromatic nitrogens is 3. The number of halogens is 4. The number of pyridine rings is 1. The van der Waals surface area contributed by atoms with Gasteiger partial charge in [0.05, 0.1) is 28.2 Å². The largest absolute Gasteiger partial charge is 0.394 e. The van der Waals surface area contributed by atoms with Gasteiger partial charge in [0.2, 0.25) is 0 Å². The summed E-state index contributed by atoms with van der Waals surface area (Å²) in [6.45, 7) is 1.83. The Morgan fingerprint density at radius 2 is 2.19 bits per heavy atom. The molecule has 13 heteroatoms. The highest BCUT2D eigenvalue weighted by atomic mass is 35.5. The number of nitrogens with zero attached hydrogens (tertiary/aromatic N) is 4. The average Bonchev–Trinajstić information content (AvgIpc) is 3.19. The molecular formula is C18H18ClF3N6O2S. The number of anilines is 1. The summed E-state index contributed by atoms with van der Waals surface area (Å²) in [5.41, 5.74) is 3.84. The van der Waals surface area contributed by atoms with Crippen LogP contribution in [0.25, 0.3) is 0 Å². The number of hydrazine groups is 1. The van der Waals surface area contributed by atoms with Crippen molar-refractivity contribution in [1.82, 2.24) is 24.9 Å². The molecule has 0 saturated heterocycles. The Labute approximate surface area is 184 Å². The number of amides is 1. The number of nitrogens with one attached hydrogen (secondary N) is 2. The quantitative estimate of drug-likeness (QED) is 0.490. The zero-order valence-corrected chi connectivity index (χ0v) is 17.9. The fraction of sp³-hybridized carbons (Fsp3) is 0.389. The minimum absolute atomic E-state index is 0.0163. The van der Waals surface area contributed by atoms with Crippen LogP contribution >= 0.6 is 23.5 Å². The maximum absolute atomic E-state index is 12.6. The van der Waals surface area contributed by atoms with Crippen LogP contribution in [0.4, 0.5) is 19.0 Å². The van der Waals surface area contributed by atoms with E-state index in [1.54, 1.807) is 36.3 Å². The molecule has 0 radical (unpaired) electrons. The van der Waals surface area contributed by atoms with E-state index in [1.807, 2.05) is 6.92 Å². The van der Waals surface area contributed by atoms with Crippen molar-refractivity contribution in [3.05, 3.63) is 47.0 Å². The third-order valence-corrected chi connectivity index (χ3v) is 5.89. The van der Waals surface area contributed by atoms with E-state index < -0.39 is 30.3 Å². The number of rotatable bonds is 6. The normalized spacial score (nSPS) is 22.8. The van der Waals surface area contributed by atoms with Crippen molar-refractivity contribution in [2.24, 2.45) is 13.0 Å². The summed E-state index contributed by atoms with van der Waals surface area (Å²) in [5, 5.41) is 5.65. The predicted octanol–water partition coefficient (Wildman–Crippen LogP) is 3.35. The van der Waals surface area contributed by atoms with Crippen LogP contribution < -0.4 is 15.2 Å². The molecule has 3 heterocycles. The molecule has 31 heavy (non-hydrogen) atoms. The van der Waals surface area contributed by atoms with Crippen molar-refractivity contribution in [2.75, 3.05) is 5.01 Å². The second-order valence-corrected chi connectivity index (χ2v) is 8.32. The van der Waals surface area contributed by atoms with Crippen molar-refractivity contribution in [3.63, 3.8) is 0 Å². The Morgan fingerprint density at radius 1 is 1.42 bits per heavy atom. The summed E-state index contributed by atoms with van der Waals surface area (Å²) in [4.78, 5) is 17.4. The minimum atomic E-state index is -4.24. The maximum atomic E-state index is 12.6. The highest BCUT2D eigenvalue weighted by Gasteiger charge is 2.57. The lowest BCUT2D eigenvalue weighted by atomic mass is 10.2. The van der Waals surface area contributed by atoms with Gasteiger partial charge in [-0.2, -0.15) is 23.7 Å². The number of alkyl halides is 3. The number of hydrogen-bond donors (Lipinski definition) is 2. The first-order chi connectivity index (χ1) is 14.6. The molecule has 4 rings (SSSR count). The SMILES string of the molecule is Cc1nn(C)cc1SNC(=O)c1ccc(N2C=CC(OC3CC3C(F)(F)F)N2)nc1Cl. The summed E-state index contributed by atoms with van der Waals surface area (Å²) < 4.78 is 47.6. The van der Waals surface area contributed by atoms with Gasteiger partial charge in [0.15, 0.2) is 0 Å². The zero-order valence-electron chi connectivity index (χ0n) is 16.4. The van der Waals surface area contributed by atoms with Gasteiger partial charge in [-0.25, -0.2) is 4.98 Å². The smallest absolute Gasteiger partial charge is 0.354 e. The van der Waals surface area contributed by atoms with Gasteiger partial charge in [0.25, 0.3) is 5.91 Å². The van der Waals surface area contributed by atoms with E-state index in [4.69, 9.17) is 16.3 Å². The predicted molar refractivity (Wildman–Crippen MR) is 108 cm³/mol. The van der Waals surface area contributed by atoms with Gasteiger partial charge in [0, 0.05) is 19.4 Å². The Kier molecular flexibility index (Phi) is 5.90. The standard InChI is InChI=1S/C18H18ClF3N6O2S/c1-9-13(8-27(2)24-9)31-26-17(29)10-3-4-14(23-16(10)19)28-6-5-15(25-28)30-12-7-11(12)18(20,21)22/h3-6,8,11-12,15,25H,7H2,1-2H3,(H,26,29). The van der Waals surface area contributed by atoms with E-state index in [9.17, 15) is 18.0 Å². The highest BCUT2D eigenvalue weighted by Crippen LogP contribution is 2.47. The number of carbonyl (C=O) groups is 1. The lowest BCUT2D eigenvalue weighted by Crippen LogP contribution is -2.38. The van der Waals surface area contributed by atoms with Gasteiger partial charge < -0.3 is 4.74 Å². The number of ether oxygens (including phenoxy) is 1. The number of carbonyl (C=O) groups excluding carboxylic acids is 1. The second kappa shape index (κ2) is 8.34. The van der Waals surface area contributed by atoms with E-state index in [2.05, 4.69) is 20.2 Å². The van der Waals surface area contributed by atoms with Gasteiger partial charge in [-0.3, -0.25) is 19.2 Å². The minimum Gasteiger partial charge on any atom is -0.354 e. The topological polar surface area (TPSA) is 84.3 Å². The van der Waals surface area contributed by atoms with Crippen LogP contribution in [0.2, 0.25) is 5.15 Å². The van der Waals surface area contributed by atoms with Crippen molar-refractivity contribution >= 4 is 35.3 Å².